The molecule has 0 aliphatic carbocycles. The van der Waals surface area contributed by atoms with Gasteiger partial charge in [0.1, 0.15) is 11.5 Å². The van der Waals surface area contributed by atoms with Crippen LogP contribution in [-0.2, 0) is 4.79 Å². The highest BCUT2D eigenvalue weighted by molar-refractivity contribution is 5.77. The molecule has 5 nitrogen and oxygen atoms in total. The molecule has 0 fully saturated rings. The van der Waals surface area contributed by atoms with Gasteiger partial charge in [-0.15, -0.1) is 0 Å². The average molecular weight is 385 g/mol. The predicted molar refractivity (Wildman–Crippen MR) is 113 cm³/mol. The second kappa shape index (κ2) is 10.1. The number of carbonyl (C=O) groups is 1. The summed E-state index contributed by atoms with van der Waals surface area (Å²) in [5.74, 6) is 1.79. The zero-order valence-electron chi connectivity index (χ0n) is 17.8. The summed E-state index contributed by atoms with van der Waals surface area (Å²) < 4.78 is 11.1. The van der Waals surface area contributed by atoms with E-state index in [4.69, 9.17) is 9.47 Å². The van der Waals surface area contributed by atoms with Gasteiger partial charge in [-0.2, -0.15) is 0 Å². The summed E-state index contributed by atoms with van der Waals surface area (Å²) >= 11 is 0. The Labute approximate surface area is 168 Å². The number of hydrogen-bond acceptors (Lipinski definition) is 4. The van der Waals surface area contributed by atoms with Crippen LogP contribution in [-0.4, -0.2) is 45.2 Å². The summed E-state index contributed by atoms with van der Waals surface area (Å²) in [5, 5.41) is 2.99. The van der Waals surface area contributed by atoms with Crippen LogP contribution in [0.2, 0.25) is 0 Å². The number of amides is 1. The van der Waals surface area contributed by atoms with Crippen LogP contribution in [0.25, 0.3) is 0 Å². The first-order valence-electron chi connectivity index (χ1n) is 9.62. The van der Waals surface area contributed by atoms with Gasteiger partial charge in [0.05, 0.1) is 13.2 Å². The van der Waals surface area contributed by atoms with Crippen LogP contribution in [0.5, 0.6) is 11.5 Å². The lowest BCUT2D eigenvalue weighted by molar-refractivity contribution is -0.123. The van der Waals surface area contributed by atoms with Crippen molar-refractivity contribution in [3.8, 4) is 11.5 Å². The number of rotatable bonds is 9. The summed E-state index contributed by atoms with van der Waals surface area (Å²) in [7, 11) is 5.64. The summed E-state index contributed by atoms with van der Waals surface area (Å²) in [4.78, 5) is 14.5. The Morgan fingerprint density at radius 2 is 1.89 bits per heavy atom. The zero-order valence-corrected chi connectivity index (χ0v) is 17.8. The normalized spacial score (nSPS) is 12.1. The molecule has 2 aromatic rings. The number of nitrogens with one attached hydrogen (secondary N) is 1. The molecule has 0 heterocycles. The van der Waals surface area contributed by atoms with Crippen molar-refractivity contribution >= 4 is 5.91 Å². The molecule has 1 N–H and O–H groups in total. The Bertz CT molecular complexity index is 787. The van der Waals surface area contributed by atoms with E-state index in [1.165, 1.54) is 0 Å². The Morgan fingerprint density at radius 1 is 1.14 bits per heavy atom. The first-order valence-corrected chi connectivity index (χ1v) is 9.62. The number of nitrogens with zero attached hydrogens (tertiary/aromatic N) is 1. The monoisotopic (exact) mass is 384 g/mol. The van der Waals surface area contributed by atoms with E-state index in [0.717, 1.165) is 28.2 Å². The fourth-order valence-corrected chi connectivity index (χ4v) is 3.10. The van der Waals surface area contributed by atoms with E-state index in [2.05, 4.69) is 36.2 Å². The second-order valence-corrected chi connectivity index (χ2v) is 7.54. The number of aryl methyl sites for hydroxylation is 1. The third-order valence-electron chi connectivity index (χ3n) is 4.74. The van der Waals surface area contributed by atoms with Crippen LogP contribution in [0.15, 0.2) is 42.5 Å². The van der Waals surface area contributed by atoms with Gasteiger partial charge in [-0.3, -0.25) is 4.79 Å². The average Bonchev–Trinajstić information content (AvgIpc) is 2.66. The van der Waals surface area contributed by atoms with E-state index in [-0.39, 0.29) is 18.6 Å². The number of carbonyl (C=O) groups excluding carboxylic acids is 1. The Balaban J connectivity index is 1.98. The molecule has 0 radical (unpaired) electrons. The number of methoxy groups -OCH3 is 1. The summed E-state index contributed by atoms with van der Waals surface area (Å²) in [6.45, 7) is 6.75. The molecular weight excluding hydrogens is 352 g/mol. The quantitative estimate of drug-likeness (QED) is 0.712. The molecule has 2 rings (SSSR count). The lowest BCUT2D eigenvalue weighted by Gasteiger charge is -2.25. The Kier molecular flexibility index (Phi) is 7.88. The van der Waals surface area contributed by atoms with Gasteiger partial charge < -0.3 is 19.7 Å². The highest BCUT2D eigenvalue weighted by Gasteiger charge is 2.17. The van der Waals surface area contributed by atoms with E-state index in [1.54, 1.807) is 7.11 Å². The summed E-state index contributed by atoms with van der Waals surface area (Å²) in [6, 6.07) is 14.1. The standard InChI is InChI=1S/C23H32N2O3/c1-16(2)20-11-10-17(3)12-22(20)28-15-23(26)24-14-21(25(4)5)18-8-7-9-19(13-18)27-6/h7-13,16,21H,14-15H2,1-6H3,(H,24,26). The lowest BCUT2D eigenvalue weighted by atomic mass is 10.0. The minimum absolute atomic E-state index is 0.00142. The van der Waals surface area contributed by atoms with E-state index >= 15 is 0 Å². The number of benzene rings is 2. The Morgan fingerprint density at radius 3 is 2.54 bits per heavy atom. The molecule has 0 spiro atoms. The molecule has 2 aromatic carbocycles. The minimum atomic E-state index is -0.133. The number of likely N-dealkylation sites (N-methyl/N-ethyl adjacent to an activating group) is 1. The topological polar surface area (TPSA) is 50.8 Å². The molecule has 28 heavy (non-hydrogen) atoms. The molecule has 0 saturated carbocycles. The van der Waals surface area contributed by atoms with E-state index < -0.39 is 0 Å². The molecule has 0 aliphatic rings. The molecule has 1 unspecified atom stereocenters. The van der Waals surface area contributed by atoms with Crippen molar-refractivity contribution in [3.63, 3.8) is 0 Å². The maximum Gasteiger partial charge on any atom is 0.258 e. The fraction of sp³-hybridized carbons (Fsp3) is 0.435. The number of hydrogen-bond donors (Lipinski definition) is 1. The first-order chi connectivity index (χ1) is 13.3. The predicted octanol–water partition coefficient (Wildman–Crippen LogP) is 3.92. The molecule has 0 saturated heterocycles. The van der Waals surface area contributed by atoms with Crippen molar-refractivity contribution < 1.29 is 14.3 Å². The SMILES string of the molecule is COc1cccc(C(CNC(=O)COc2cc(C)ccc2C(C)C)N(C)C)c1. The van der Waals surface area contributed by atoms with Gasteiger partial charge in [0.15, 0.2) is 6.61 Å². The second-order valence-electron chi connectivity index (χ2n) is 7.54. The highest BCUT2D eigenvalue weighted by Crippen LogP contribution is 2.27. The van der Waals surface area contributed by atoms with Gasteiger partial charge in [-0.1, -0.05) is 38.1 Å². The molecule has 1 amide bonds. The zero-order chi connectivity index (χ0) is 20.7. The van der Waals surface area contributed by atoms with Gasteiger partial charge in [-0.25, -0.2) is 0 Å². The van der Waals surface area contributed by atoms with Gasteiger partial charge in [0.2, 0.25) is 0 Å². The van der Waals surface area contributed by atoms with Crippen molar-refractivity contribution in [3.05, 3.63) is 59.2 Å². The molecule has 1 atom stereocenters. The molecule has 0 aromatic heterocycles. The van der Waals surface area contributed by atoms with Gasteiger partial charge in [0.25, 0.3) is 5.91 Å². The number of ether oxygens (including phenoxy) is 2. The fourth-order valence-electron chi connectivity index (χ4n) is 3.10. The van der Waals surface area contributed by atoms with Crippen molar-refractivity contribution in [2.45, 2.75) is 32.7 Å². The van der Waals surface area contributed by atoms with Gasteiger partial charge in [0, 0.05) is 6.54 Å². The van der Waals surface area contributed by atoms with E-state index in [9.17, 15) is 4.79 Å². The smallest absolute Gasteiger partial charge is 0.258 e. The van der Waals surface area contributed by atoms with Crippen LogP contribution in [0.3, 0.4) is 0 Å². The highest BCUT2D eigenvalue weighted by atomic mass is 16.5. The lowest BCUT2D eigenvalue weighted by Crippen LogP contribution is -2.37. The minimum Gasteiger partial charge on any atom is -0.497 e. The van der Waals surface area contributed by atoms with Crippen LogP contribution in [0.1, 0.15) is 42.5 Å². The van der Waals surface area contributed by atoms with Crippen molar-refractivity contribution in [2.75, 3.05) is 34.4 Å². The molecule has 0 bridgehead atoms. The van der Waals surface area contributed by atoms with E-state index in [0.29, 0.717) is 12.5 Å². The van der Waals surface area contributed by atoms with Crippen LogP contribution < -0.4 is 14.8 Å². The largest absolute Gasteiger partial charge is 0.497 e. The van der Waals surface area contributed by atoms with Crippen molar-refractivity contribution in [1.82, 2.24) is 10.2 Å². The van der Waals surface area contributed by atoms with E-state index in [1.807, 2.05) is 51.4 Å². The third kappa shape index (κ3) is 5.99. The van der Waals surface area contributed by atoms with Crippen LogP contribution in [0.4, 0.5) is 0 Å². The van der Waals surface area contributed by atoms with Crippen molar-refractivity contribution in [2.24, 2.45) is 0 Å². The van der Waals surface area contributed by atoms with Crippen molar-refractivity contribution in [1.29, 1.82) is 0 Å². The third-order valence-corrected chi connectivity index (χ3v) is 4.74. The van der Waals surface area contributed by atoms with Gasteiger partial charge >= 0.3 is 0 Å². The maximum absolute atomic E-state index is 12.4. The molecular formula is C23H32N2O3. The Hall–Kier alpha value is -2.53. The molecule has 152 valence electrons. The molecule has 5 heteroatoms. The first kappa shape index (κ1) is 21.8. The van der Waals surface area contributed by atoms with Crippen LogP contribution in [0, 0.1) is 6.92 Å². The van der Waals surface area contributed by atoms with Crippen LogP contribution >= 0.6 is 0 Å². The summed E-state index contributed by atoms with van der Waals surface area (Å²) in [5.41, 5.74) is 3.32. The maximum atomic E-state index is 12.4. The van der Waals surface area contributed by atoms with Gasteiger partial charge in [-0.05, 0) is 61.8 Å². The summed E-state index contributed by atoms with van der Waals surface area (Å²) in [6.07, 6.45) is 0. The molecule has 0 aliphatic heterocycles.